The van der Waals surface area contributed by atoms with Crippen molar-refractivity contribution in [3.63, 3.8) is 0 Å². The van der Waals surface area contributed by atoms with Gasteiger partial charge in [-0.05, 0) is 39.9 Å². The Morgan fingerprint density at radius 1 is 1.38 bits per heavy atom. The van der Waals surface area contributed by atoms with Crippen LogP contribution in [-0.4, -0.2) is 33.4 Å². The number of nitrogens with zero attached hydrogens (tertiary/aromatic N) is 4. The molecule has 0 spiro atoms. The molecule has 114 valence electrons. The molecule has 0 aromatic carbocycles. The molecule has 1 aliphatic rings. The van der Waals surface area contributed by atoms with Crippen molar-refractivity contribution in [3.8, 4) is 0 Å². The van der Waals surface area contributed by atoms with E-state index < -0.39 is 0 Å². The Hall–Kier alpha value is -1.66. The average molecular weight is 289 g/mol. The van der Waals surface area contributed by atoms with E-state index in [4.69, 9.17) is 9.62 Å². The standard InChI is InChI=1S/C15H23N5O/c1-11-15(12(2)21-18-11)10-19(3)9-13-7-14-8-16-5-4-6-20(14)17-13/h7,16H,4-6,8-10H2,1-3H3. The highest BCUT2D eigenvalue weighted by molar-refractivity contribution is 5.20. The first-order valence-electron chi connectivity index (χ1n) is 7.50. The Labute approximate surface area is 125 Å². The molecule has 1 aliphatic heterocycles. The largest absolute Gasteiger partial charge is 0.361 e. The minimum absolute atomic E-state index is 0.835. The maximum Gasteiger partial charge on any atom is 0.138 e. The van der Waals surface area contributed by atoms with E-state index in [0.29, 0.717) is 0 Å². The average Bonchev–Trinajstić information content (AvgIpc) is 2.88. The van der Waals surface area contributed by atoms with Crippen molar-refractivity contribution in [1.29, 1.82) is 0 Å². The Bertz CT molecular complexity index is 573. The number of hydrogen-bond donors (Lipinski definition) is 1. The third-order valence-corrected chi connectivity index (χ3v) is 3.98. The first-order chi connectivity index (χ1) is 10.1. The molecule has 0 saturated heterocycles. The molecular formula is C15H23N5O. The zero-order chi connectivity index (χ0) is 14.8. The summed E-state index contributed by atoms with van der Waals surface area (Å²) in [7, 11) is 2.11. The van der Waals surface area contributed by atoms with E-state index in [1.165, 1.54) is 11.3 Å². The van der Waals surface area contributed by atoms with E-state index in [0.717, 1.165) is 56.3 Å². The normalized spacial score (nSPS) is 15.2. The van der Waals surface area contributed by atoms with Crippen LogP contribution < -0.4 is 5.32 Å². The minimum atomic E-state index is 0.835. The molecule has 0 aliphatic carbocycles. The third kappa shape index (κ3) is 3.16. The van der Waals surface area contributed by atoms with Gasteiger partial charge >= 0.3 is 0 Å². The van der Waals surface area contributed by atoms with Crippen LogP contribution in [0.2, 0.25) is 0 Å². The maximum atomic E-state index is 5.22. The molecule has 2 aromatic heterocycles. The summed E-state index contributed by atoms with van der Waals surface area (Å²) < 4.78 is 7.36. The van der Waals surface area contributed by atoms with Gasteiger partial charge in [0.25, 0.3) is 0 Å². The summed E-state index contributed by atoms with van der Waals surface area (Å²) in [4.78, 5) is 2.25. The zero-order valence-corrected chi connectivity index (χ0v) is 13.0. The molecule has 0 unspecified atom stereocenters. The van der Waals surface area contributed by atoms with Crippen molar-refractivity contribution in [2.75, 3.05) is 13.6 Å². The highest BCUT2D eigenvalue weighted by Crippen LogP contribution is 2.16. The lowest BCUT2D eigenvalue weighted by Crippen LogP contribution is -2.18. The van der Waals surface area contributed by atoms with Gasteiger partial charge in [-0.1, -0.05) is 5.16 Å². The molecule has 2 aromatic rings. The summed E-state index contributed by atoms with van der Waals surface area (Å²) in [6, 6.07) is 2.21. The van der Waals surface area contributed by atoms with Crippen LogP contribution >= 0.6 is 0 Å². The van der Waals surface area contributed by atoms with Gasteiger partial charge in [0.1, 0.15) is 5.76 Å². The van der Waals surface area contributed by atoms with Gasteiger partial charge in [-0.3, -0.25) is 9.58 Å². The SMILES string of the molecule is Cc1noc(C)c1CN(C)Cc1cc2n(n1)CCCNC2. The predicted octanol–water partition coefficient (Wildman–Crippen LogP) is 1.61. The lowest BCUT2D eigenvalue weighted by Gasteiger charge is -2.14. The fraction of sp³-hybridized carbons (Fsp3) is 0.600. The van der Waals surface area contributed by atoms with Crippen LogP contribution in [0, 0.1) is 13.8 Å². The third-order valence-electron chi connectivity index (χ3n) is 3.98. The molecule has 0 radical (unpaired) electrons. The number of aromatic nitrogens is 3. The Morgan fingerprint density at radius 2 is 2.24 bits per heavy atom. The van der Waals surface area contributed by atoms with Gasteiger partial charge in [-0.25, -0.2) is 0 Å². The first-order valence-corrected chi connectivity index (χ1v) is 7.50. The molecule has 3 heterocycles. The molecule has 21 heavy (non-hydrogen) atoms. The maximum absolute atomic E-state index is 5.22. The second-order valence-electron chi connectivity index (χ2n) is 5.86. The summed E-state index contributed by atoms with van der Waals surface area (Å²) in [6.07, 6.45) is 1.14. The Balaban J connectivity index is 1.66. The molecule has 3 rings (SSSR count). The highest BCUT2D eigenvalue weighted by Gasteiger charge is 2.15. The van der Waals surface area contributed by atoms with E-state index >= 15 is 0 Å². The van der Waals surface area contributed by atoms with E-state index in [2.05, 4.69) is 33.2 Å². The van der Waals surface area contributed by atoms with Gasteiger partial charge in [0.2, 0.25) is 0 Å². The van der Waals surface area contributed by atoms with Crippen molar-refractivity contribution < 1.29 is 4.52 Å². The van der Waals surface area contributed by atoms with Crippen LogP contribution in [-0.2, 0) is 26.2 Å². The van der Waals surface area contributed by atoms with Gasteiger partial charge in [0, 0.05) is 31.7 Å². The van der Waals surface area contributed by atoms with E-state index in [1.807, 2.05) is 13.8 Å². The molecule has 0 atom stereocenters. The van der Waals surface area contributed by atoms with Crippen LogP contribution in [0.1, 0.15) is 34.8 Å². The van der Waals surface area contributed by atoms with Crippen LogP contribution in [0.3, 0.4) is 0 Å². The number of rotatable bonds is 4. The minimum Gasteiger partial charge on any atom is -0.361 e. The van der Waals surface area contributed by atoms with Gasteiger partial charge in [-0.2, -0.15) is 5.10 Å². The lowest BCUT2D eigenvalue weighted by molar-refractivity contribution is 0.309. The lowest BCUT2D eigenvalue weighted by atomic mass is 10.2. The smallest absolute Gasteiger partial charge is 0.138 e. The summed E-state index contributed by atoms with van der Waals surface area (Å²) in [5, 5.41) is 12.2. The summed E-state index contributed by atoms with van der Waals surface area (Å²) >= 11 is 0. The number of nitrogens with one attached hydrogen (secondary N) is 1. The Kier molecular flexibility index (Phi) is 4.07. The van der Waals surface area contributed by atoms with Gasteiger partial charge in [0.05, 0.1) is 17.1 Å². The molecule has 6 nitrogen and oxygen atoms in total. The molecule has 0 amide bonds. The van der Waals surface area contributed by atoms with Crippen molar-refractivity contribution in [3.05, 3.63) is 34.5 Å². The fourth-order valence-electron chi connectivity index (χ4n) is 2.83. The number of aryl methyl sites for hydroxylation is 3. The van der Waals surface area contributed by atoms with E-state index in [-0.39, 0.29) is 0 Å². The number of hydrogen-bond acceptors (Lipinski definition) is 5. The Morgan fingerprint density at radius 3 is 3.00 bits per heavy atom. The summed E-state index contributed by atoms with van der Waals surface area (Å²) in [6.45, 7) is 8.63. The summed E-state index contributed by atoms with van der Waals surface area (Å²) in [5.41, 5.74) is 4.57. The fourth-order valence-corrected chi connectivity index (χ4v) is 2.83. The van der Waals surface area contributed by atoms with Crippen LogP contribution in [0.4, 0.5) is 0 Å². The van der Waals surface area contributed by atoms with Crippen molar-refractivity contribution in [1.82, 2.24) is 25.2 Å². The second kappa shape index (κ2) is 5.99. The summed E-state index contributed by atoms with van der Waals surface area (Å²) in [5.74, 6) is 0.907. The van der Waals surface area contributed by atoms with Crippen LogP contribution in [0.25, 0.3) is 0 Å². The van der Waals surface area contributed by atoms with Crippen molar-refractivity contribution >= 4 is 0 Å². The molecule has 0 saturated carbocycles. The highest BCUT2D eigenvalue weighted by atomic mass is 16.5. The van der Waals surface area contributed by atoms with Gasteiger partial charge in [-0.15, -0.1) is 0 Å². The van der Waals surface area contributed by atoms with Crippen LogP contribution in [0.15, 0.2) is 10.6 Å². The molecule has 1 N–H and O–H groups in total. The van der Waals surface area contributed by atoms with Crippen molar-refractivity contribution in [2.24, 2.45) is 0 Å². The zero-order valence-electron chi connectivity index (χ0n) is 13.0. The second-order valence-corrected chi connectivity index (χ2v) is 5.86. The van der Waals surface area contributed by atoms with Crippen molar-refractivity contribution in [2.45, 2.75) is 46.4 Å². The molecule has 0 fully saturated rings. The topological polar surface area (TPSA) is 59.1 Å². The monoisotopic (exact) mass is 289 g/mol. The van der Waals surface area contributed by atoms with Gasteiger partial charge in [0.15, 0.2) is 0 Å². The van der Waals surface area contributed by atoms with Gasteiger partial charge < -0.3 is 9.84 Å². The quantitative estimate of drug-likeness (QED) is 0.926. The van der Waals surface area contributed by atoms with E-state index in [1.54, 1.807) is 0 Å². The molecular weight excluding hydrogens is 266 g/mol. The van der Waals surface area contributed by atoms with E-state index in [9.17, 15) is 0 Å². The molecule has 0 bridgehead atoms. The molecule has 6 heteroatoms. The number of fused-ring (bicyclic) bond motifs is 1. The van der Waals surface area contributed by atoms with Crippen LogP contribution in [0.5, 0.6) is 0 Å². The predicted molar refractivity (Wildman–Crippen MR) is 79.7 cm³/mol. The first kappa shape index (κ1) is 14.3.